The van der Waals surface area contributed by atoms with Gasteiger partial charge in [0.2, 0.25) is 5.91 Å². The summed E-state index contributed by atoms with van der Waals surface area (Å²) in [6.07, 6.45) is 0.726. The van der Waals surface area contributed by atoms with E-state index in [2.05, 4.69) is 5.32 Å². The molecule has 16 heavy (non-hydrogen) atoms. The lowest BCUT2D eigenvalue weighted by molar-refractivity contribution is -0.118. The lowest BCUT2D eigenvalue weighted by Crippen LogP contribution is -2.36. The van der Waals surface area contributed by atoms with Crippen molar-refractivity contribution < 1.29 is 9.18 Å². The number of rotatable bonds is 2. The Morgan fingerprint density at radius 1 is 1.50 bits per heavy atom. The van der Waals surface area contributed by atoms with Gasteiger partial charge in [0, 0.05) is 17.3 Å². The summed E-state index contributed by atoms with van der Waals surface area (Å²) in [5, 5.41) is 3.23. The van der Waals surface area contributed by atoms with E-state index < -0.39 is 5.82 Å². The first-order chi connectivity index (χ1) is 7.61. The van der Waals surface area contributed by atoms with Gasteiger partial charge in [0.15, 0.2) is 0 Å². The number of nitrogens with zero attached hydrogens (tertiary/aromatic N) is 1. The van der Waals surface area contributed by atoms with Crippen LogP contribution in [-0.4, -0.2) is 25.5 Å². The van der Waals surface area contributed by atoms with E-state index in [1.54, 1.807) is 18.0 Å². The molecule has 1 unspecified atom stereocenters. The van der Waals surface area contributed by atoms with E-state index in [0.29, 0.717) is 17.3 Å². The first kappa shape index (κ1) is 11.4. The van der Waals surface area contributed by atoms with Crippen LogP contribution in [0.2, 0.25) is 5.02 Å². The van der Waals surface area contributed by atoms with Gasteiger partial charge >= 0.3 is 0 Å². The molecular formula is C11H12ClFN2O. The maximum atomic E-state index is 13.1. The van der Waals surface area contributed by atoms with Gasteiger partial charge in [0.05, 0.1) is 6.04 Å². The van der Waals surface area contributed by atoms with E-state index in [0.717, 1.165) is 6.42 Å². The number of amides is 1. The molecule has 0 saturated carbocycles. The molecule has 1 aromatic carbocycles. The SMILES string of the molecule is CNC1CCN(c2cc(F)cc(Cl)c2)C1=O. The summed E-state index contributed by atoms with van der Waals surface area (Å²) in [4.78, 5) is 13.4. The molecule has 2 rings (SSSR count). The van der Waals surface area contributed by atoms with Crippen molar-refractivity contribution in [2.75, 3.05) is 18.5 Å². The molecule has 86 valence electrons. The van der Waals surface area contributed by atoms with Gasteiger partial charge in [-0.3, -0.25) is 4.79 Å². The lowest BCUT2D eigenvalue weighted by Gasteiger charge is -2.17. The van der Waals surface area contributed by atoms with E-state index in [-0.39, 0.29) is 11.9 Å². The number of halogens is 2. The molecule has 5 heteroatoms. The summed E-state index contributed by atoms with van der Waals surface area (Å²) in [6, 6.07) is 3.96. The predicted molar refractivity (Wildman–Crippen MR) is 61.2 cm³/mol. The van der Waals surface area contributed by atoms with Crippen molar-refractivity contribution in [1.29, 1.82) is 0 Å². The zero-order valence-corrected chi connectivity index (χ0v) is 9.59. The molecule has 1 fully saturated rings. The smallest absolute Gasteiger partial charge is 0.244 e. The zero-order valence-electron chi connectivity index (χ0n) is 8.84. The molecule has 1 aliphatic rings. The Morgan fingerprint density at radius 3 is 2.81 bits per heavy atom. The van der Waals surface area contributed by atoms with Gasteiger partial charge in [-0.15, -0.1) is 0 Å². The average molecular weight is 243 g/mol. The quantitative estimate of drug-likeness (QED) is 0.858. The molecule has 1 N–H and O–H groups in total. The van der Waals surface area contributed by atoms with Gasteiger partial charge in [0.25, 0.3) is 0 Å². The monoisotopic (exact) mass is 242 g/mol. The van der Waals surface area contributed by atoms with E-state index >= 15 is 0 Å². The van der Waals surface area contributed by atoms with E-state index in [4.69, 9.17) is 11.6 Å². The fourth-order valence-electron chi connectivity index (χ4n) is 1.90. The Kier molecular flexibility index (Phi) is 3.12. The molecular weight excluding hydrogens is 231 g/mol. The minimum Gasteiger partial charge on any atom is -0.311 e. The van der Waals surface area contributed by atoms with Crippen LogP contribution >= 0.6 is 11.6 Å². The minimum atomic E-state index is -0.428. The lowest BCUT2D eigenvalue weighted by atomic mass is 10.2. The summed E-state index contributed by atoms with van der Waals surface area (Å²) in [6.45, 7) is 0.587. The van der Waals surface area contributed by atoms with Crippen molar-refractivity contribution in [3.05, 3.63) is 29.0 Å². The number of likely N-dealkylation sites (N-methyl/N-ethyl adjacent to an activating group) is 1. The highest BCUT2D eigenvalue weighted by Gasteiger charge is 2.31. The van der Waals surface area contributed by atoms with Crippen molar-refractivity contribution in [1.82, 2.24) is 5.32 Å². The van der Waals surface area contributed by atoms with Gasteiger partial charge in [-0.05, 0) is 31.7 Å². The second-order valence-corrected chi connectivity index (χ2v) is 4.18. The third-order valence-electron chi connectivity index (χ3n) is 2.71. The number of carbonyl (C=O) groups excluding carboxylic acids is 1. The number of hydrogen-bond donors (Lipinski definition) is 1. The van der Waals surface area contributed by atoms with Crippen molar-refractivity contribution in [2.45, 2.75) is 12.5 Å². The van der Waals surface area contributed by atoms with Crippen LogP contribution < -0.4 is 10.2 Å². The largest absolute Gasteiger partial charge is 0.311 e. The van der Waals surface area contributed by atoms with Crippen molar-refractivity contribution in [3.8, 4) is 0 Å². The molecule has 1 aromatic rings. The molecule has 0 spiro atoms. The van der Waals surface area contributed by atoms with Crippen LogP contribution in [0, 0.1) is 5.82 Å². The first-order valence-corrected chi connectivity index (χ1v) is 5.44. The fraction of sp³-hybridized carbons (Fsp3) is 0.364. The summed E-state index contributed by atoms with van der Waals surface area (Å²) >= 11 is 5.75. The molecule has 1 atom stereocenters. The van der Waals surface area contributed by atoms with Crippen LogP contribution in [0.25, 0.3) is 0 Å². The van der Waals surface area contributed by atoms with E-state index in [1.165, 1.54) is 12.1 Å². The highest BCUT2D eigenvalue weighted by molar-refractivity contribution is 6.31. The molecule has 3 nitrogen and oxygen atoms in total. The molecule has 1 heterocycles. The van der Waals surface area contributed by atoms with Gasteiger partial charge in [-0.2, -0.15) is 0 Å². The fourth-order valence-corrected chi connectivity index (χ4v) is 2.12. The number of nitrogens with one attached hydrogen (secondary N) is 1. The summed E-state index contributed by atoms with van der Waals surface area (Å²) in [7, 11) is 1.74. The minimum absolute atomic E-state index is 0.0378. The summed E-state index contributed by atoms with van der Waals surface area (Å²) in [5.74, 6) is -0.465. The Bertz CT molecular complexity index is 404. The third-order valence-corrected chi connectivity index (χ3v) is 2.93. The van der Waals surface area contributed by atoms with Crippen LogP contribution in [0.15, 0.2) is 18.2 Å². The van der Waals surface area contributed by atoms with Crippen LogP contribution in [0.1, 0.15) is 6.42 Å². The molecule has 0 aromatic heterocycles. The topological polar surface area (TPSA) is 32.3 Å². The highest BCUT2D eigenvalue weighted by Crippen LogP contribution is 2.25. The van der Waals surface area contributed by atoms with E-state index in [9.17, 15) is 9.18 Å². The molecule has 1 amide bonds. The molecule has 0 bridgehead atoms. The maximum Gasteiger partial charge on any atom is 0.244 e. The standard InChI is InChI=1S/C11H12ClFN2O/c1-14-10-2-3-15(11(10)16)9-5-7(12)4-8(13)6-9/h4-6,10,14H,2-3H2,1H3. The molecule has 0 radical (unpaired) electrons. The van der Waals surface area contributed by atoms with Gasteiger partial charge < -0.3 is 10.2 Å². The number of hydrogen-bond acceptors (Lipinski definition) is 2. The normalized spacial score (nSPS) is 20.6. The van der Waals surface area contributed by atoms with Crippen LogP contribution in [0.4, 0.5) is 10.1 Å². The Morgan fingerprint density at radius 2 is 2.25 bits per heavy atom. The van der Waals surface area contributed by atoms with Crippen molar-refractivity contribution in [3.63, 3.8) is 0 Å². The predicted octanol–water partition coefficient (Wildman–Crippen LogP) is 1.80. The number of carbonyl (C=O) groups is 1. The number of benzene rings is 1. The molecule has 1 saturated heterocycles. The van der Waals surface area contributed by atoms with Crippen molar-refractivity contribution >= 4 is 23.2 Å². The zero-order chi connectivity index (χ0) is 11.7. The second-order valence-electron chi connectivity index (χ2n) is 3.75. The van der Waals surface area contributed by atoms with Gasteiger partial charge in [-0.25, -0.2) is 4.39 Å². The van der Waals surface area contributed by atoms with E-state index in [1.807, 2.05) is 0 Å². The Balaban J connectivity index is 2.28. The Labute approximate surface area is 98.2 Å². The third kappa shape index (κ3) is 2.03. The van der Waals surface area contributed by atoms with Gasteiger partial charge in [-0.1, -0.05) is 11.6 Å². The van der Waals surface area contributed by atoms with Crippen molar-refractivity contribution in [2.24, 2.45) is 0 Å². The maximum absolute atomic E-state index is 13.1. The van der Waals surface area contributed by atoms with Crippen LogP contribution in [0.5, 0.6) is 0 Å². The van der Waals surface area contributed by atoms with Gasteiger partial charge in [0.1, 0.15) is 5.82 Å². The highest BCUT2D eigenvalue weighted by atomic mass is 35.5. The summed E-state index contributed by atoms with van der Waals surface area (Å²) < 4.78 is 13.1. The van der Waals surface area contributed by atoms with Crippen LogP contribution in [-0.2, 0) is 4.79 Å². The average Bonchev–Trinajstić information content (AvgIpc) is 2.58. The van der Waals surface area contributed by atoms with Crippen LogP contribution in [0.3, 0.4) is 0 Å². The first-order valence-electron chi connectivity index (χ1n) is 5.06. The Hall–Kier alpha value is -1.13. The molecule has 0 aliphatic carbocycles. The molecule has 1 aliphatic heterocycles. The number of anilines is 1. The second kappa shape index (κ2) is 4.39. The summed E-state index contributed by atoms with van der Waals surface area (Å²) in [5.41, 5.74) is 0.521.